The van der Waals surface area contributed by atoms with Gasteiger partial charge >= 0.3 is 6.09 Å². The number of likely N-dealkylation sites (tertiary alicyclic amines) is 1. The van der Waals surface area contributed by atoms with Crippen LogP contribution in [0.25, 0.3) is 22.1 Å². The van der Waals surface area contributed by atoms with Crippen molar-refractivity contribution in [2.75, 3.05) is 19.7 Å². The molecule has 0 atom stereocenters. The third-order valence-corrected chi connectivity index (χ3v) is 8.45. The number of amides is 2. The zero-order chi connectivity index (χ0) is 27.5. The molecule has 10 nitrogen and oxygen atoms in total. The van der Waals surface area contributed by atoms with Gasteiger partial charge in [-0.3, -0.25) is 4.79 Å². The Hall–Kier alpha value is -3.47. The van der Waals surface area contributed by atoms with Gasteiger partial charge in [-0.15, -0.1) is 11.3 Å². The first-order valence-corrected chi connectivity index (χ1v) is 14.3. The van der Waals surface area contributed by atoms with Crippen LogP contribution in [0.3, 0.4) is 0 Å². The molecule has 11 heteroatoms. The van der Waals surface area contributed by atoms with Crippen molar-refractivity contribution in [3.63, 3.8) is 0 Å². The number of ether oxygens (including phenoxy) is 2. The van der Waals surface area contributed by atoms with Crippen LogP contribution in [-0.4, -0.2) is 67.5 Å². The van der Waals surface area contributed by atoms with Crippen molar-refractivity contribution >= 4 is 23.3 Å². The minimum atomic E-state index is -0.817. The van der Waals surface area contributed by atoms with Gasteiger partial charge in [0.2, 0.25) is 5.91 Å². The number of thiazole rings is 1. The van der Waals surface area contributed by atoms with Gasteiger partial charge in [-0.05, 0) is 65.2 Å². The highest BCUT2D eigenvalue weighted by atomic mass is 32.1. The van der Waals surface area contributed by atoms with Crippen LogP contribution in [-0.2, 0) is 16.0 Å². The molecule has 3 aliphatic rings. The Bertz CT molecular complexity index is 1430. The lowest BCUT2D eigenvalue weighted by molar-refractivity contribution is -0.139. The molecule has 1 saturated carbocycles. The van der Waals surface area contributed by atoms with E-state index >= 15 is 0 Å². The molecule has 1 saturated heterocycles. The second-order valence-electron chi connectivity index (χ2n) is 11.9. The summed E-state index contributed by atoms with van der Waals surface area (Å²) in [6, 6.07) is 6.49. The zero-order valence-electron chi connectivity index (χ0n) is 23.0. The van der Waals surface area contributed by atoms with Crippen LogP contribution in [0.5, 0.6) is 5.75 Å². The van der Waals surface area contributed by atoms with Crippen LogP contribution in [0.1, 0.15) is 69.9 Å². The highest BCUT2D eigenvalue weighted by Gasteiger charge is 2.55. The molecular weight excluding hydrogens is 516 g/mol. The normalized spacial score (nSPS) is 17.9. The van der Waals surface area contributed by atoms with Gasteiger partial charge < -0.3 is 19.7 Å². The maximum absolute atomic E-state index is 13.2. The first kappa shape index (κ1) is 25.8. The van der Waals surface area contributed by atoms with Gasteiger partial charge in [-0.25, -0.2) is 19.4 Å². The Balaban J connectivity index is 1.15. The zero-order valence-corrected chi connectivity index (χ0v) is 23.8. The van der Waals surface area contributed by atoms with E-state index < -0.39 is 17.2 Å². The largest absolute Gasteiger partial charge is 0.492 e. The number of fused-ring (bicyclic) bond motifs is 3. The van der Waals surface area contributed by atoms with E-state index in [1.807, 2.05) is 30.4 Å². The number of alkyl carbamates (subject to hydrolysis) is 1. The molecular formula is C28H34N6O4S. The number of carbonyl (C=O) groups is 2. The molecule has 2 aliphatic heterocycles. The van der Waals surface area contributed by atoms with Crippen LogP contribution < -0.4 is 10.1 Å². The second kappa shape index (κ2) is 9.32. The van der Waals surface area contributed by atoms with Gasteiger partial charge in [0.25, 0.3) is 0 Å². The van der Waals surface area contributed by atoms with E-state index in [-0.39, 0.29) is 17.9 Å². The van der Waals surface area contributed by atoms with Crippen LogP contribution in [0.4, 0.5) is 4.79 Å². The van der Waals surface area contributed by atoms with E-state index in [0.717, 1.165) is 39.8 Å². The first-order valence-electron chi connectivity index (χ1n) is 13.5. The Morgan fingerprint density at radius 3 is 2.69 bits per heavy atom. The number of nitrogens with zero attached hydrogens (tertiary/aromatic N) is 5. The highest BCUT2D eigenvalue weighted by molar-refractivity contribution is 7.15. The van der Waals surface area contributed by atoms with E-state index in [9.17, 15) is 9.59 Å². The fourth-order valence-electron chi connectivity index (χ4n) is 5.14. The van der Waals surface area contributed by atoms with Crippen molar-refractivity contribution in [3.05, 3.63) is 35.0 Å². The Labute approximate surface area is 231 Å². The van der Waals surface area contributed by atoms with Crippen molar-refractivity contribution in [3.8, 4) is 27.8 Å². The molecule has 2 aromatic heterocycles. The summed E-state index contributed by atoms with van der Waals surface area (Å²) in [6.45, 7) is 11.4. The van der Waals surface area contributed by atoms with Gasteiger partial charge in [0.1, 0.15) is 23.2 Å². The molecule has 1 aromatic carbocycles. The summed E-state index contributed by atoms with van der Waals surface area (Å²) in [5.41, 5.74) is 1.65. The number of carbonyl (C=O) groups excluding carboxylic acids is 2. The van der Waals surface area contributed by atoms with E-state index in [2.05, 4.69) is 47.4 Å². The third kappa shape index (κ3) is 4.88. The number of hydrogen-bond acceptors (Lipinski definition) is 8. The number of benzene rings is 1. The van der Waals surface area contributed by atoms with E-state index in [4.69, 9.17) is 14.5 Å². The third-order valence-electron chi connectivity index (χ3n) is 7.34. The average Bonchev–Trinajstić information content (AvgIpc) is 3.29. The fourth-order valence-corrected chi connectivity index (χ4v) is 6.19. The van der Waals surface area contributed by atoms with Gasteiger partial charge in [0.05, 0.1) is 12.3 Å². The highest BCUT2D eigenvalue weighted by Crippen LogP contribution is 2.44. The minimum absolute atomic E-state index is 0.0236. The summed E-state index contributed by atoms with van der Waals surface area (Å²) in [5, 5.41) is 8.05. The molecule has 1 aliphatic carbocycles. The maximum Gasteiger partial charge on any atom is 0.408 e. The van der Waals surface area contributed by atoms with Gasteiger partial charge in [-0.2, -0.15) is 5.10 Å². The van der Waals surface area contributed by atoms with E-state index in [0.29, 0.717) is 32.5 Å². The predicted octanol–water partition coefficient (Wildman–Crippen LogP) is 4.57. The van der Waals surface area contributed by atoms with E-state index in [1.54, 1.807) is 17.7 Å². The smallest absolute Gasteiger partial charge is 0.408 e. The molecule has 2 amide bonds. The molecule has 1 N–H and O–H groups in total. The molecule has 3 aromatic rings. The Morgan fingerprint density at radius 1 is 1.23 bits per heavy atom. The van der Waals surface area contributed by atoms with E-state index in [1.165, 1.54) is 4.88 Å². The number of nitrogens with one attached hydrogen (secondary N) is 1. The second-order valence-corrected chi connectivity index (χ2v) is 13.0. The quantitative estimate of drug-likeness (QED) is 0.495. The SMILES string of the molecule is CC(C)n1ncnc1-c1nc2c(s1)CCOc1cc(C3CN(C(=O)C4(NC(=O)OC(C)(C)C)CC4)C3)ccc1-2. The fraction of sp³-hybridized carbons (Fsp3) is 0.536. The summed E-state index contributed by atoms with van der Waals surface area (Å²) in [7, 11) is 0. The van der Waals surface area contributed by atoms with Gasteiger partial charge in [-0.1, -0.05) is 6.07 Å². The summed E-state index contributed by atoms with van der Waals surface area (Å²) in [6.07, 6.45) is 3.11. The van der Waals surface area contributed by atoms with Crippen molar-refractivity contribution in [1.29, 1.82) is 0 Å². The molecule has 2 fully saturated rings. The van der Waals surface area contributed by atoms with Crippen molar-refractivity contribution in [2.24, 2.45) is 0 Å². The predicted molar refractivity (Wildman–Crippen MR) is 147 cm³/mol. The molecule has 0 spiro atoms. The Kier molecular flexibility index (Phi) is 6.16. The molecule has 6 rings (SSSR count). The Morgan fingerprint density at radius 2 is 2.00 bits per heavy atom. The van der Waals surface area contributed by atoms with Crippen molar-refractivity contribution in [1.82, 2.24) is 30.0 Å². The van der Waals surface area contributed by atoms with Crippen LogP contribution in [0.2, 0.25) is 0 Å². The number of rotatable bonds is 5. The first-order chi connectivity index (χ1) is 18.5. The van der Waals surface area contributed by atoms with Crippen LogP contribution in [0.15, 0.2) is 24.5 Å². The molecule has 0 unspecified atom stereocenters. The van der Waals surface area contributed by atoms with Crippen molar-refractivity contribution < 1.29 is 19.1 Å². The van der Waals surface area contributed by atoms with Gasteiger partial charge in [0, 0.05) is 41.9 Å². The lowest BCUT2D eigenvalue weighted by atomic mass is 9.89. The van der Waals surface area contributed by atoms with Crippen LogP contribution >= 0.6 is 11.3 Å². The lowest BCUT2D eigenvalue weighted by Crippen LogP contribution is -2.57. The summed E-state index contributed by atoms with van der Waals surface area (Å²) >= 11 is 1.65. The van der Waals surface area contributed by atoms with Gasteiger partial charge in [0.15, 0.2) is 10.8 Å². The summed E-state index contributed by atoms with van der Waals surface area (Å²) < 4.78 is 13.4. The lowest BCUT2D eigenvalue weighted by Gasteiger charge is -2.41. The number of aromatic nitrogens is 4. The molecule has 4 heterocycles. The molecule has 0 radical (unpaired) electrons. The monoisotopic (exact) mass is 550 g/mol. The molecule has 39 heavy (non-hydrogen) atoms. The minimum Gasteiger partial charge on any atom is -0.492 e. The topological polar surface area (TPSA) is 111 Å². The summed E-state index contributed by atoms with van der Waals surface area (Å²) in [4.78, 5) is 37.9. The van der Waals surface area contributed by atoms with Crippen LogP contribution in [0, 0.1) is 0 Å². The molecule has 206 valence electrons. The standard InChI is InChI=1S/C28H34N6O4S/c1-16(2)34-23(29-15-30-34)24-31-22-19-7-6-17(12-20(19)37-11-8-21(22)39-24)18-13-33(14-18)25(35)28(9-10-28)32-26(36)38-27(3,4)5/h6-7,12,15-16,18H,8-11,13-14H2,1-5H3,(H,32,36). The molecule has 0 bridgehead atoms. The van der Waals surface area contributed by atoms with Crippen molar-refractivity contribution in [2.45, 2.75) is 77.0 Å². The average molecular weight is 551 g/mol. The maximum atomic E-state index is 13.2. The summed E-state index contributed by atoms with van der Waals surface area (Å²) in [5.74, 6) is 1.81. The number of hydrogen-bond donors (Lipinski definition) is 1.